The lowest BCUT2D eigenvalue weighted by atomic mass is 10.2. The molecule has 0 aliphatic carbocycles. The molecule has 0 bridgehead atoms. The average molecular weight is 265 g/mol. The first-order valence-corrected chi connectivity index (χ1v) is 6.36. The van der Waals surface area contributed by atoms with E-state index in [1.807, 2.05) is 18.2 Å². The van der Waals surface area contributed by atoms with E-state index in [1.54, 1.807) is 0 Å². The molecule has 1 aromatic carbocycles. The molecule has 104 valence electrons. The molecule has 0 spiro atoms. The molecule has 6 heteroatoms. The molecule has 0 aromatic heterocycles. The predicted molar refractivity (Wildman–Crippen MR) is 71.5 cm³/mol. The zero-order valence-electron chi connectivity index (χ0n) is 10.8. The second-order valence-corrected chi connectivity index (χ2v) is 4.38. The summed E-state index contributed by atoms with van der Waals surface area (Å²) in [5.74, 6) is 1.93. The number of nitrogens with zero attached hydrogens (tertiary/aromatic N) is 1. The van der Waals surface area contributed by atoms with Gasteiger partial charge in [0.1, 0.15) is 5.84 Å². The predicted octanol–water partition coefficient (Wildman–Crippen LogP) is 1.42. The first kappa shape index (κ1) is 13.5. The highest BCUT2D eigenvalue weighted by molar-refractivity contribution is 5.79. The number of nitrogens with two attached hydrogens (primary N) is 1. The maximum Gasteiger partial charge on any atom is 0.231 e. The first-order valence-electron chi connectivity index (χ1n) is 6.36. The van der Waals surface area contributed by atoms with Crippen molar-refractivity contribution in [2.24, 2.45) is 10.9 Å². The van der Waals surface area contributed by atoms with E-state index in [0.29, 0.717) is 13.2 Å². The molecule has 0 unspecified atom stereocenters. The summed E-state index contributed by atoms with van der Waals surface area (Å²) in [5, 5.41) is 14.7. The number of amidine groups is 1. The van der Waals surface area contributed by atoms with Gasteiger partial charge in [0.05, 0.1) is 0 Å². The van der Waals surface area contributed by atoms with E-state index in [9.17, 15) is 0 Å². The van der Waals surface area contributed by atoms with Gasteiger partial charge in [-0.2, -0.15) is 0 Å². The molecular weight excluding hydrogens is 246 g/mol. The number of benzene rings is 1. The van der Waals surface area contributed by atoms with Crippen LogP contribution in [0.4, 0.5) is 0 Å². The topological polar surface area (TPSA) is 89.1 Å². The van der Waals surface area contributed by atoms with Gasteiger partial charge < -0.3 is 25.7 Å². The Bertz CT molecular complexity index is 449. The van der Waals surface area contributed by atoms with Gasteiger partial charge in [0, 0.05) is 18.5 Å². The van der Waals surface area contributed by atoms with Crippen LogP contribution in [0.15, 0.2) is 23.4 Å². The maximum absolute atomic E-state index is 8.40. The molecule has 1 aliphatic rings. The summed E-state index contributed by atoms with van der Waals surface area (Å²) in [6, 6.07) is 5.89. The fraction of sp³-hybridized carbons (Fsp3) is 0.462. The van der Waals surface area contributed by atoms with Crippen LogP contribution in [0.25, 0.3) is 0 Å². The van der Waals surface area contributed by atoms with E-state index in [-0.39, 0.29) is 5.84 Å². The Balaban J connectivity index is 1.68. The Kier molecular flexibility index (Phi) is 4.85. The largest absolute Gasteiger partial charge is 0.454 e. The van der Waals surface area contributed by atoms with Crippen molar-refractivity contribution >= 4 is 5.84 Å². The zero-order valence-corrected chi connectivity index (χ0v) is 10.8. The van der Waals surface area contributed by atoms with Crippen molar-refractivity contribution in [3.05, 3.63) is 23.8 Å². The Labute approximate surface area is 112 Å². The summed E-state index contributed by atoms with van der Waals surface area (Å²) in [7, 11) is 0. The summed E-state index contributed by atoms with van der Waals surface area (Å²) in [5.41, 5.74) is 6.49. The van der Waals surface area contributed by atoms with E-state index >= 15 is 0 Å². The van der Waals surface area contributed by atoms with Crippen LogP contribution in [0.5, 0.6) is 11.5 Å². The highest BCUT2D eigenvalue weighted by atomic mass is 16.7. The zero-order chi connectivity index (χ0) is 13.5. The second kappa shape index (κ2) is 6.84. The number of hydrogen-bond donors (Lipinski definition) is 3. The third kappa shape index (κ3) is 3.75. The minimum atomic E-state index is 0.284. The van der Waals surface area contributed by atoms with Crippen LogP contribution in [0, 0.1) is 0 Å². The number of oxime groups is 1. The van der Waals surface area contributed by atoms with Gasteiger partial charge in [0.2, 0.25) is 6.79 Å². The number of hydrogen-bond acceptors (Lipinski definition) is 5. The number of para-hydroxylation sites is 1. The smallest absolute Gasteiger partial charge is 0.231 e. The first-order chi connectivity index (χ1) is 9.31. The Morgan fingerprint density at radius 1 is 1.37 bits per heavy atom. The van der Waals surface area contributed by atoms with Gasteiger partial charge in [-0.25, -0.2) is 0 Å². The fourth-order valence-electron chi connectivity index (χ4n) is 1.96. The van der Waals surface area contributed by atoms with Crippen LogP contribution in [0.1, 0.15) is 24.8 Å². The number of fused-ring (bicyclic) bond motifs is 1. The number of ether oxygens (including phenoxy) is 2. The van der Waals surface area contributed by atoms with E-state index in [2.05, 4.69) is 10.5 Å². The summed E-state index contributed by atoms with van der Waals surface area (Å²) in [6.45, 7) is 1.92. The van der Waals surface area contributed by atoms with E-state index in [1.165, 1.54) is 0 Å². The molecule has 1 aliphatic heterocycles. The van der Waals surface area contributed by atoms with Crippen molar-refractivity contribution in [3.8, 4) is 11.5 Å². The normalized spacial score (nSPS) is 13.8. The molecule has 6 nitrogen and oxygen atoms in total. The summed E-state index contributed by atoms with van der Waals surface area (Å²) < 4.78 is 10.8. The van der Waals surface area contributed by atoms with Crippen LogP contribution in [-0.2, 0) is 6.54 Å². The Morgan fingerprint density at radius 3 is 3.11 bits per heavy atom. The van der Waals surface area contributed by atoms with Crippen molar-refractivity contribution in [2.75, 3.05) is 13.3 Å². The van der Waals surface area contributed by atoms with Crippen LogP contribution in [0.3, 0.4) is 0 Å². The molecule has 0 saturated heterocycles. The van der Waals surface area contributed by atoms with Crippen LogP contribution >= 0.6 is 0 Å². The van der Waals surface area contributed by atoms with Gasteiger partial charge in [0.25, 0.3) is 0 Å². The van der Waals surface area contributed by atoms with Gasteiger partial charge in [-0.1, -0.05) is 17.3 Å². The number of rotatable bonds is 7. The summed E-state index contributed by atoms with van der Waals surface area (Å²) in [4.78, 5) is 0. The molecule has 0 atom stereocenters. The molecule has 0 saturated carbocycles. The average Bonchev–Trinajstić information content (AvgIpc) is 2.91. The molecule has 19 heavy (non-hydrogen) atoms. The standard InChI is InChI=1S/C13H19N3O3/c14-12(16-17)6-1-2-7-15-8-10-4-3-5-11-13(10)19-9-18-11/h3-5,15,17H,1-2,6-9H2,(H2,14,16). The molecule has 2 rings (SSSR count). The second-order valence-electron chi connectivity index (χ2n) is 4.38. The minimum absolute atomic E-state index is 0.284. The van der Waals surface area contributed by atoms with Crippen LogP contribution in [-0.4, -0.2) is 24.4 Å². The molecule has 4 N–H and O–H groups in total. The lowest BCUT2D eigenvalue weighted by Gasteiger charge is -2.07. The third-order valence-corrected chi connectivity index (χ3v) is 2.96. The lowest BCUT2D eigenvalue weighted by Crippen LogP contribution is -2.16. The van der Waals surface area contributed by atoms with E-state index in [0.717, 1.165) is 43.0 Å². The van der Waals surface area contributed by atoms with Crippen LogP contribution in [0.2, 0.25) is 0 Å². The quantitative estimate of drug-likeness (QED) is 0.228. The van der Waals surface area contributed by atoms with Gasteiger partial charge in [-0.05, 0) is 25.5 Å². The van der Waals surface area contributed by atoms with Crippen molar-refractivity contribution in [2.45, 2.75) is 25.8 Å². The SMILES string of the molecule is NC(CCCCNCc1cccc2c1OCO2)=NO. The number of unbranched alkanes of at least 4 members (excludes halogenated alkanes) is 1. The monoisotopic (exact) mass is 265 g/mol. The molecule has 0 amide bonds. The molecular formula is C13H19N3O3. The van der Waals surface area contributed by atoms with Crippen molar-refractivity contribution in [3.63, 3.8) is 0 Å². The minimum Gasteiger partial charge on any atom is -0.454 e. The highest BCUT2D eigenvalue weighted by Crippen LogP contribution is 2.35. The van der Waals surface area contributed by atoms with E-state index in [4.69, 9.17) is 20.4 Å². The van der Waals surface area contributed by atoms with Crippen molar-refractivity contribution < 1.29 is 14.7 Å². The Hall–Kier alpha value is -1.95. The molecule has 0 fully saturated rings. The van der Waals surface area contributed by atoms with Crippen LogP contribution < -0.4 is 20.5 Å². The third-order valence-electron chi connectivity index (χ3n) is 2.96. The molecule has 0 radical (unpaired) electrons. The van der Waals surface area contributed by atoms with Gasteiger partial charge in [0.15, 0.2) is 11.5 Å². The van der Waals surface area contributed by atoms with Crippen molar-refractivity contribution in [1.82, 2.24) is 5.32 Å². The molecule has 1 heterocycles. The number of nitrogens with one attached hydrogen (secondary N) is 1. The Morgan fingerprint density at radius 2 is 2.26 bits per heavy atom. The van der Waals surface area contributed by atoms with Crippen molar-refractivity contribution in [1.29, 1.82) is 0 Å². The van der Waals surface area contributed by atoms with Gasteiger partial charge in [-0.15, -0.1) is 0 Å². The molecule has 1 aromatic rings. The van der Waals surface area contributed by atoms with Gasteiger partial charge >= 0.3 is 0 Å². The summed E-state index contributed by atoms with van der Waals surface area (Å²) in [6.07, 6.45) is 2.49. The van der Waals surface area contributed by atoms with Gasteiger partial charge in [-0.3, -0.25) is 0 Å². The summed E-state index contributed by atoms with van der Waals surface area (Å²) >= 11 is 0. The lowest BCUT2D eigenvalue weighted by molar-refractivity contribution is 0.173. The highest BCUT2D eigenvalue weighted by Gasteiger charge is 2.16. The van der Waals surface area contributed by atoms with E-state index < -0.39 is 0 Å². The fourth-order valence-corrected chi connectivity index (χ4v) is 1.96. The maximum atomic E-state index is 8.40.